The maximum Gasteiger partial charge on any atom is 0.254 e. The van der Waals surface area contributed by atoms with Gasteiger partial charge in [-0.2, -0.15) is 10.4 Å². The second-order valence-electron chi connectivity index (χ2n) is 5.60. The Balaban J connectivity index is 1.73. The zero-order valence-electron chi connectivity index (χ0n) is 12.7. The summed E-state index contributed by atoms with van der Waals surface area (Å²) >= 11 is 0. The van der Waals surface area contributed by atoms with E-state index in [-0.39, 0.29) is 11.6 Å². The summed E-state index contributed by atoms with van der Waals surface area (Å²) in [6, 6.07) is 4.39. The Kier molecular flexibility index (Phi) is 3.98. The summed E-state index contributed by atoms with van der Waals surface area (Å²) in [6.07, 6.45) is 6.16. The van der Waals surface area contributed by atoms with Crippen LogP contribution in [0.5, 0.6) is 0 Å². The van der Waals surface area contributed by atoms with Crippen LogP contribution >= 0.6 is 0 Å². The molecule has 1 aromatic carbocycles. The summed E-state index contributed by atoms with van der Waals surface area (Å²) in [5.41, 5.74) is 1.47. The second kappa shape index (κ2) is 6.08. The molecule has 2 aromatic rings. The van der Waals surface area contributed by atoms with Gasteiger partial charge in [0.05, 0.1) is 11.8 Å². The van der Waals surface area contributed by atoms with Gasteiger partial charge in [-0.25, -0.2) is 4.39 Å². The van der Waals surface area contributed by atoms with Gasteiger partial charge in [0.25, 0.3) is 5.91 Å². The minimum atomic E-state index is -0.570. The van der Waals surface area contributed by atoms with E-state index in [4.69, 9.17) is 5.26 Å². The first-order valence-electron chi connectivity index (χ1n) is 7.31. The summed E-state index contributed by atoms with van der Waals surface area (Å²) in [5.74, 6) is -1.02. The fourth-order valence-electron chi connectivity index (χ4n) is 2.68. The van der Waals surface area contributed by atoms with Crippen molar-refractivity contribution in [3.05, 3.63) is 42.0 Å². The standard InChI is InChI=1S/C16H16FN5O/c1-21-8-12(7-19-21)11-2-3-14(15(17)6-11)16(23)20-13-4-5-22(9-13)10-18/h2-3,6-8,13H,4-5,9H2,1H3,(H,20,23)/t13-/m1/s1. The van der Waals surface area contributed by atoms with Crippen LogP contribution in [0.2, 0.25) is 0 Å². The molecule has 1 N–H and O–H groups in total. The average molecular weight is 313 g/mol. The minimum Gasteiger partial charge on any atom is -0.347 e. The fourth-order valence-corrected chi connectivity index (χ4v) is 2.68. The molecule has 0 saturated carbocycles. The van der Waals surface area contributed by atoms with Crippen molar-refractivity contribution in [1.82, 2.24) is 20.0 Å². The molecule has 1 fully saturated rings. The molecular formula is C16H16FN5O. The van der Waals surface area contributed by atoms with Gasteiger partial charge in [0, 0.05) is 37.9 Å². The van der Waals surface area contributed by atoms with Crippen molar-refractivity contribution < 1.29 is 9.18 Å². The quantitative estimate of drug-likeness (QED) is 0.872. The summed E-state index contributed by atoms with van der Waals surface area (Å²) in [5, 5.41) is 15.6. The molecule has 23 heavy (non-hydrogen) atoms. The molecular weight excluding hydrogens is 297 g/mol. The van der Waals surface area contributed by atoms with Crippen LogP contribution in [0.3, 0.4) is 0 Å². The Morgan fingerprint density at radius 1 is 1.48 bits per heavy atom. The molecule has 2 heterocycles. The van der Waals surface area contributed by atoms with Crippen molar-refractivity contribution >= 4 is 5.91 Å². The van der Waals surface area contributed by atoms with Gasteiger partial charge in [0.15, 0.2) is 6.19 Å². The van der Waals surface area contributed by atoms with E-state index in [9.17, 15) is 9.18 Å². The third-order valence-corrected chi connectivity index (χ3v) is 3.92. The highest BCUT2D eigenvalue weighted by molar-refractivity contribution is 5.95. The summed E-state index contributed by atoms with van der Waals surface area (Å²) in [6.45, 7) is 1.08. The number of amides is 1. The average Bonchev–Trinajstić information content (AvgIpc) is 3.16. The highest BCUT2D eigenvalue weighted by Gasteiger charge is 2.24. The van der Waals surface area contributed by atoms with Crippen LogP contribution in [0.4, 0.5) is 4.39 Å². The molecule has 3 rings (SSSR count). The number of aromatic nitrogens is 2. The maximum absolute atomic E-state index is 14.3. The number of nitrogens with zero attached hydrogens (tertiary/aromatic N) is 4. The topological polar surface area (TPSA) is 74.0 Å². The number of carbonyl (C=O) groups is 1. The van der Waals surface area contributed by atoms with E-state index < -0.39 is 11.7 Å². The molecule has 1 amide bonds. The molecule has 1 saturated heterocycles. The van der Waals surface area contributed by atoms with Crippen LogP contribution < -0.4 is 5.32 Å². The van der Waals surface area contributed by atoms with E-state index in [1.807, 2.05) is 6.19 Å². The van der Waals surface area contributed by atoms with Crippen molar-refractivity contribution in [3.8, 4) is 17.3 Å². The van der Waals surface area contributed by atoms with Gasteiger partial charge in [-0.1, -0.05) is 6.07 Å². The lowest BCUT2D eigenvalue weighted by molar-refractivity contribution is 0.0935. The number of benzene rings is 1. The van der Waals surface area contributed by atoms with Crippen molar-refractivity contribution in [2.45, 2.75) is 12.5 Å². The van der Waals surface area contributed by atoms with Crippen LogP contribution in [0.15, 0.2) is 30.6 Å². The van der Waals surface area contributed by atoms with Gasteiger partial charge in [0.1, 0.15) is 5.82 Å². The molecule has 0 unspecified atom stereocenters. The van der Waals surface area contributed by atoms with Crippen LogP contribution in [-0.4, -0.2) is 39.7 Å². The number of halogens is 1. The molecule has 7 heteroatoms. The largest absolute Gasteiger partial charge is 0.347 e. The van der Waals surface area contributed by atoms with Gasteiger partial charge < -0.3 is 10.2 Å². The number of nitriles is 1. The van der Waals surface area contributed by atoms with Gasteiger partial charge >= 0.3 is 0 Å². The zero-order valence-corrected chi connectivity index (χ0v) is 12.7. The molecule has 1 aromatic heterocycles. The van der Waals surface area contributed by atoms with Crippen molar-refractivity contribution in [2.75, 3.05) is 13.1 Å². The molecule has 1 aliphatic rings. The third kappa shape index (κ3) is 3.16. The minimum absolute atomic E-state index is 0.00745. The molecule has 0 bridgehead atoms. The fraction of sp³-hybridized carbons (Fsp3) is 0.312. The lowest BCUT2D eigenvalue weighted by Crippen LogP contribution is -2.36. The van der Waals surface area contributed by atoms with Crippen LogP contribution in [0.25, 0.3) is 11.1 Å². The first-order chi connectivity index (χ1) is 11.1. The molecule has 1 aliphatic heterocycles. The Hall–Kier alpha value is -2.88. The Morgan fingerprint density at radius 3 is 2.91 bits per heavy atom. The van der Waals surface area contributed by atoms with Crippen LogP contribution in [-0.2, 0) is 7.05 Å². The van der Waals surface area contributed by atoms with E-state index in [1.165, 1.54) is 12.1 Å². The first kappa shape index (κ1) is 15.0. The van der Waals surface area contributed by atoms with E-state index in [0.29, 0.717) is 25.1 Å². The number of hydrogen-bond acceptors (Lipinski definition) is 4. The predicted molar refractivity (Wildman–Crippen MR) is 81.7 cm³/mol. The number of aryl methyl sites for hydroxylation is 1. The summed E-state index contributed by atoms with van der Waals surface area (Å²) < 4.78 is 15.9. The zero-order chi connectivity index (χ0) is 16.4. The Morgan fingerprint density at radius 2 is 2.30 bits per heavy atom. The van der Waals surface area contributed by atoms with E-state index >= 15 is 0 Å². The Bertz CT molecular complexity index is 779. The molecule has 1 atom stereocenters. The monoisotopic (exact) mass is 313 g/mol. The SMILES string of the molecule is Cn1cc(-c2ccc(C(=O)N[C@@H]3CCN(C#N)C3)c(F)c2)cn1. The van der Waals surface area contributed by atoms with Crippen LogP contribution in [0.1, 0.15) is 16.8 Å². The molecule has 6 nitrogen and oxygen atoms in total. The number of nitrogens with one attached hydrogen (secondary N) is 1. The van der Waals surface area contributed by atoms with E-state index in [2.05, 4.69) is 10.4 Å². The highest BCUT2D eigenvalue weighted by Crippen LogP contribution is 2.21. The lowest BCUT2D eigenvalue weighted by Gasteiger charge is -2.13. The first-order valence-corrected chi connectivity index (χ1v) is 7.31. The van der Waals surface area contributed by atoms with Gasteiger partial charge in [-0.15, -0.1) is 0 Å². The number of hydrogen-bond donors (Lipinski definition) is 1. The van der Waals surface area contributed by atoms with Crippen molar-refractivity contribution in [1.29, 1.82) is 5.26 Å². The predicted octanol–water partition coefficient (Wildman–Crippen LogP) is 1.51. The third-order valence-electron chi connectivity index (χ3n) is 3.92. The van der Waals surface area contributed by atoms with Crippen molar-refractivity contribution in [3.63, 3.8) is 0 Å². The van der Waals surface area contributed by atoms with Gasteiger partial charge in [0.2, 0.25) is 0 Å². The summed E-state index contributed by atoms with van der Waals surface area (Å²) in [4.78, 5) is 13.8. The van der Waals surface area contributed by atoms with E-state index in [1.54, 1.807) is 35.1 Å². The highest BCUT2D eigenvalue weighted by atomic mass is 19.1. The van der Waals surface area contributed by atoms with Crippen molar-refractivity contribution in [2.24, 2.45) is 7.05 Å². The van der Waals surface area contributed by atoms with Gasteiger partial charge in [-0.3, -0.25) is 9.48 Å². The maximum atomic E-state index is 14.3. The molecule has 0 aliphatic carbocycles. The Labute approximate surface area is 133 Å². The number of likely N-dealkylation sites (tertiary alicyclic amines) is 1. The van der Waals surface area contributed by atoms with Gasteiger partial charge in [-0.05, 0) is 24.1 Å². The number of carbonyl (C=O) groups excluding carboxylic acids is 1. The summed E-state index contributed by atoms with van der Waals surface area (Å²) in [7, 11) is 1.79. The molecule has 0 spiro atoms. The molecule has 118 valence electrons. The smallest absolute Gasteiger partial charge is 0.254 e. The van der Waals surface area contributed by atoms with E-state index in [0.717, 1.165) is 5.56 Å². The second-order valence-corrected chi connectivity index (χ2v) is 5.60. The normalized spacial score (nSPS) is 17.1. The lowest BCUT2D eigenvalue weighted by atomic mass is 10.1. The van der Waals surface area contributed by atoms with Crippen LogP contribution in [0, 0.1) is 17.3 Å². The molecule has 0 radical (unpaired) electrons. The number of rotatable bonds is 3.